The summed E-state index contributed by atoms with van der Waals surface area (Å²) in [7, 11) is -3.33. The SMILES string of the molecule is C[C@H]1CCN1c1nc2c(c(-c3ccc(C(=O)CS(C)(=O)=O)cc3)n1)CCC2. The van der Waals surface area contributed by atoms with Gasteiger partial charge in [0, 0.05) is 41.2 Å². The number of ketones is 1. The Labute approximate surface area is 159 Å². The summed E-state index contributed by atoms with van der Waals surface area (Å²) in [5.74, 6) is -0.0552. The average Bonchev–Trinajstić information content (AvgIpc) is 3.07. The van der Waals surface area contributed by atoms with Crippen molar-refractivity contribution < 1.29 is 13.2 Å². The molecular weight excluding hydrogens is 362 g/mol. The molecule has 1 aliphatic carbocycles. The van der Waals surface area contributed by atoms with Crippen LogP contribution in [0.5, 0.6) is 0 Å². The van der Waals surface area contributed by atoms with Crippen LogP contribution in [0, 0.1) is 0 Å². The molecule has 0 bridgehead atoms. The van der Waals surface area contributed by atoms with Gasteiger partial charge >= 0.3 is 0 Å². The van der Waals surface area contributed by atoms with Crippen LogP contribution in [0.3, 0.4) is 0 Å². The summed E-state index contributed by atoms with van der Waals surface area (Å²) in [5.41, 5.74) is 4.62. The van der Waals surface area contributed by atoms with Gasteiger partial charge in [-0.15, -0.1) is 0 Å². The van der Waals surface area contributed by atoms with Crippen LogP contribution >= 0.6 is 0 Å². The minimum Gasteiger partial charge on any atom is -0.338 e. The van der Waals surface area contributed by atoms with E-state index in [1.165, 1.54) is 5.56 Å². The Hall–Kier alpha value is -2.28. The lowest BCUT2D eigenvalue weighted by Crippen LogP contribution is -2.46. The first kappa shape index (κ1) is 18.1. The van der Waals surface area contributed by atoms with Gasteiger partial charge in [-0.3, -0.25) is 4.79 Å². The van der Waals surface area contributed by atoms with Crippen LogP contribution in [-0.4, -0.2) is 48.8 Å². The van der Waals surface area contributed by atoms with E-state index in [0.717, 1.165) is 61.4 Å². The second-order valence-electron chi connectivity index (χ2n) is 7.55. The number of hydrogen-bond donors (Lipinski definition) is 0. The van der Waals surface area contributed by atoms with Gasteiger partial charge in [-0.05, 0) is 32.6 Å². The molecule has 0 unspecified atom stereocenters. The standard InChI is InChI=1S/C20H23N3O3S/c1-13-10-11-23(13)20-21-17-5-3-4-16(17)19(22-20)15-8-6-14(7-9-15)18(24)12-27(2,25)26/h6-9,13H,3-5,10-12H2,1-2H3/t13-/m0/s1. The molecule has 1 aromatic carbocycles. The van der Waals surface area contributed by atoms with Crippen molar-refractivity contribution >= 4 is 21.6 Å². The summed E-state index contributed by atoms with van der Waals surface area (Å²) < 4.78 is 22.7. The molecule has 1 fully saturated rings. The number of anilines is 1. The van der Waals surface area contributed by atoms with Gasteiger partial charge in [0.1, 0.15) is 5.75 Å². The lowest BCUT2D eigenvalue weighted by Gasteiger charge is -2.39. The Morgan fingerprint density at radius 1 is 1.19 bits per heavy atom. The predicted octanol–water partition coefficient (Wildman–Crippen LogP) is 2.46. The zero-order valence-electron chi connectivity index (χ0n) is 15.6. The average molecular weight is 385 g/mol. The normalized spacial score (nSPS) is 18.9. The summed E-state index contributed by atoms with van der Waals surface area (Å²) in [4.78, 5) is 24.0. The number of carbonyl (C=O) groups is 1. The highest BCUT2D eigenvalue weighted by molar-refractivity contribution is 7.91. The maximum absolute atomic E-state index is 12.1. The molecule has 4 rings (SSSR count). The second-order valence-corrected chi connectivity index (χ2v) is 9.69. The largest absolute Gasteiger partial charge is 0.338 e. The van der Waals surface area contributed by atoms with Gasteiger partial charge in [0.2, 0.25) is 5.95 Å². The lowest BCUT2D eigenvalue weighted by atomic mass is 10.0. The molecular formula is C20H23N3O3S. The van der Waals surface area contributed by atoms with Crippen molar-refractivity contribution in [3.05, 3.63) is 41.1 Å². The number of sulfone groups is 1. The monoisotopic (exact) mass is 385 g/mol. The molecule has 142 valence electrons. The molecule has 7 heteroatoms. The minimum atomic E-state index is -3.33. The highest BCUT2D eigenvalue weighted by atomic mass is 32.2. The van der Waals surface area contributed by atoms with E-state index in [2.05, 4.69) is 11.8 Å². The Balaban J connectivity index is 1.68. The van der Waals surface area contributed by atoms with Crippen molar-refractivity contribution in [1.29, 1.82) is 0 Å². The third-order valence-corrected chi connectivity index (χ3v) is 6.16. The number of fused-ring (bicyclic) bond motifs is 1. The fourth-order valence-electron chi connectivity index (χ4n) is 3.74. The number of carbonyl (C=O) groups excluding carboxylic acids is 1. The van der Waals surface area contributed by atoms with Gasteiger partial charge in [0.25, 0.3) is 0 Å². The summed E-state index contributed by atoms with van der Waals surface area (Å²) in [5, 5.41) is 0. The van der Waals surface area contributed by atoms with E-state index in [0.29, 0.717) is 11.6 Å². The first-order valence-corrected chi connectivity index (χ1v) is 11.4. The number of aromatic nitrogens is 2. The van der Waals surface area contributed by atoms with E-state index in [9.17, 15) is 13.2 Å². The number of hydrogen-bond acceptors (Lipinski definition) is 6. The molecule has 0 radical (unpaired) electrons. The van der Waals surface area contributed by atoms with E-state index in [4.69, 9.17) is 9.97 Å². The van der Waals surface area contributed by atoms with E-state index < -0.39 is 15.6 Å². The third-order valence-electron chi connectivity index (χ3n) is 5.37. The van der Waals surface area contributed by atoms with Crippen molar-refractivity contribution in [2.45, 2.75) is 38.6 Å². The molecule has 1 atom stereocenters. The molecule has 0 saturated carbocycles. The van der Waals surface area contributed by atoms with Crippen LogP contribution in [0.4, 0.5) is 5.95 Å². The fourth-order valence-corrected chi connectivity index (χ4v) is 4.38. The summed E-state index contributed by atoms with van der Waals surface area (Å²) in [6.45, 7) is 3.17. The minimum absolute atomic E-state index is 0.382. The molecule has 27 heavy (non-hydrogen) atoms. The quantitative estimate of drug-likeness (QED) is 0.736. The van der Waals surface area contributed by atoms with Crippen molar-refractivity contribution in [3.63, 3.8) is 0 Å². The van der Waals surface area contributed by atoms with Gasteiger partial charge in [-0.25, -0.2) is 18.4 Å². The number of rotatable bonds is 5. The van der Waals surface area contributed by atoms with Crippen molar-refractivity contribution in [2.75, 3.05) is 23.5 Å². The van der Waals surface area contributed by atoms with Crippen LogP contribution in [0.2, 0.25) is 0 Å². The highest BCUT2D eigenvalue weighted by Crippen LogP contribution is 2.34. The fraction of sp³-hybridized carbons (Fsp3) is 0.450. The molecule has 2 heterocycles. The Kier molecular flexibility index (Phi) is 4.50. The maximum Gasteiger partial charge on any atom is 0.226 e. The van der Waals surface area contributed by atoms with Crippen LogP contribution in [0.15, 0.2) is 24.3 Å². The Bertz CT molecular complexity index is 1000. The number of nitrogens with zero attached hydrogens (tertiary/aromatic N) is 3. The summed E-state index contributed by atoms with van der Waals surface area (Å²) in [6.07, 6.45) is 5.26. The predicted molar refractivity (Wildman–Crippen MR) is 105 cm³/mol. The van der Waals surface area contributed by atoms with Crippen LogP contribution in [0.25, 0.3) is 11.3 Å². The molecule has 2 aromatic rings. The molecule has 1 aliphatic heterocycles. The van der Waals surface area contributed by atoms with E-state index in [1.54, 1.807) is 12.1 Å². The van der Waals surface area contributed by atoms with Crippen LogP contribution in [0.1, 0.15) is 41.4 Å². The zero-order valence-corrected chi connectivity index (χ0v) is 16.4. The molecule has 1 aromatic heterocycles. The van der Waals surface area contributed by atoms with E-state index >= 15 is 0 Å². The lowest BCUT2D eigenvalue weighted by molar-refractivity contribution is 0.102. The number of Topliss-reactive ketones (excluding diaryl/α,β-unsaturated/α-hetero) is 1. The summed E-state index contributed by atoms with van der Waals surface area (Å²) in [6, 6.07) is 7.57. The molecule has 6 nitrogen and oxygen atoms in total. The van der Waals surface area contributed by atoms with Gasteiger partial charge in [-0.2, -0.15) is 0 Å². The molecule has 0 spiro atoms. The molecule has 0 amide bonds. The van der Waals surface area contributed by atoms with Crippen molar-refractivity contribution in [3.8, 4) is 11.3 Å². The third kappa shape index (κ3) is 3.60. The summed E-state index contributed by atoms with van der Waals surface area (Å²) >= 11 is 0. The maximum atomic E-state index is 12.1. The molecule has 2 aliphatic rings. The topological polar surface area (TPSA) is 80.2 Å². The van der Waals surface area contributed by atoms with E-state index in [1.807, 2.05) is 12.1 Å². The van der Waals surface area contributed by atoms with Crippen LogP contribution < -0.4 is 4.90 Å². The molecule has 0 N–H and O–H groups in total. The van der Waals surface area contributed by atoms with Crippen molar-refractivity contribution in [1.82, 2.24) is 9.97 Å². The molecule has 1 saturated heterocycles. The van der Waals surface area contributed by atoms with Gasteiger partial charge < -0.3 is 4.90 Å². The number of benzene rings is 1. The van der Waals surface area contributed by atoms with E-state index in [-0.39, 0.29) is 5.78 Å². The number of aryl methyl sites for hydroxylation is 1. The Morgan fingerprint density at radius 3 is 2.52 bits per heavy atom. The Morgan fingerprint density at radius 2 is 1.93 bits per heavy atom. The smallest absolute Gasteiger partial charge is 0.226 e. The van der Waals surface area contributed by atoms with Crippen LogP contribution in [-0.2, 0) is 22.7 Å². The first-order valence-electron chi connectivity index (χ1n) is 9.29. The van der Waals surface area contributed by atoms with Gasteiger partial charge in [-0.1, -0.05) is 24.3 Å². The van der Waals surface area contributed by atoms with Gasteiger partial charge in [0.15, 0.2) is 15.6 Å². The first-order chi connectivity index (χ1) is 12.8. The highest BCUT2D eigenvalue weighted by Gasteiger charge is 2.29. The van der Waals surface area contributed by atoms with Crippen molar-refractivity contribution in [2.24, 2.45) is 0 Å². The zero-order chi connectivity index (χ0) is 19.2. The van der Waals surface area contributed by atoms with Gasteiger partial charge in [0.05, 0.1) is 5.69 Å². The second kappa shape index (κ2) is 6.71.